The molecule has 32 valence electrons. The van der Waals surface area contributed by atoms with Crippen molar-refractivity contribution in [1.82, 2.24) is 0 Å². The van der Waals surface area contributed by atoms with Gasteiger partial charge in [-0.2, -0.15) is 4.79 Å². The van der Waals surface area contributed by atoms with E-state index < -0.39 is 0 Å². The predicted molar refractivity (Wildman–Crippen MR) is 10.7 cm³/mol. The Morgan fingerprint density at radius 1 is 1.33 bits per heavy atom. The first-order chi connectivity index (χ1) is 1.41. The topological polar surface area (TPSA) is 36.4 Å². The van der Waals surface area contributed by atoms with Crippen molar-refractivity contribution in [3.05, 3.63) is 5.53 Å². The van der Waals surface area contributed by atoms with E-state index in [4.69, 9.17) is 5.53 Å². The molecule has 0 N–H and O–H groups in total. The normalized spacial score (nSPS) is 1.33. The Labute approximate surface area is 83.5 Å². The molecule has 6 heavy (non-hydrogen) atoms. The van der Waals surface area contributed by atoms with Gasteiger partial charge in [-0.3, -0.25) is 0 Å². The molecule has 0 fully saturated rings. The van der Waals surface area contributed by atoms with Crippen LogP contribution < -0.4 is 48.0 Å². The van der Waals surface area contributed by atoms with Crippen LogP contribution in [0.2, 0.25) is 0 Å². The average Bonchev–Trinajstić information content (AvgIpc) is 0.918. The molecular weight excluding hydrogens is 359 g/mol. The molecule has 2 nitrogen and oxygen atoms in total. The van der Waals surface area contributed by atoms with Crippen molar-refractivity contribution in [2.45, 2.75) is 0 Å². The molecule has 0 aliphatic heterocycles. The molecule has 0 radical (unpaired) electrons. The van der Waals surface area contributed by atoms with Gasteiger partial charge in [0.1, 0.15) is 0 Å². The molecule has 0 aromatic heterocycles. The number of nitrogens with zero attached hydrogens (tertiary/aromatic N) is 2. The smallest absolute Gasteiger partial charge is 1.00 e. The van der Waals surface area contributed by atoms with E-state index in [0.29, 0.717) is 0 Å². The van der Waals surface area contributed by atoms with Crippen LogP contribution in [0.15, 0.2) is 0 Å². The summed E-state index contributed by atoms with van der Waals surface area (Å²) in [6.07, 6.45) is 0. The summed E-state index contributed by atoms with van der Waals surface area (Å²) < 4.78 is 0. The van der Waals surface area contributed by atoms with Gasteiger partial charge in [0, 0.05) is 0 Å². The summed E-state index contributed by atoms with van der Waals surface area (Å²) in [6, 6.07) is 0. The zero-order valence-electron chi connectivity index (χ0n) is 3.06. The van der Waals surface area contributed by atoms with E-state index >= 15 is 0 Å². The Hall–Kier alpha value is 1.46. The summed E-state index contributed by atoms with van der Waals surface area (Å²) >= 11 is 0. The van der Waals surface area contributed by atoms with Crippen LogP contribution in [0.4, 0.5) is 0 Å². The number of hydrogen-bond acceptors (Lipinski definition) is 0. The molecule has 0 aliphatic carbocycles. The van der Waals surface area contributed by atoms with Crippen LogP contribution >= 0.6 is 0 Å². The van der Waals surface area contributed by atoms with Crippen LogP contribution in [0, 0.1) is 0 Å². The minimum Gasteiger partial charge on any atom is -1.00 e. The maximum Gasteiger partial charge on any atom is 2.00 e. The molecule has 0 saturated carbocycles. The maximum absolute atomic E-state index is 7.08. The third-order valence-electron chi connectivity index (χ3n) is 0. The number of hydrogen-bond donors (Lipinski definition) is 0. The minimum atomic E-state index is 0. The van der Waals surface area contributed by atoms with Crippen LogP contribution in [0.3, 0.4) is 0 Å². The molecule has 0 aromatic rings. The second-order valence-electron chi connectivity index (χ2n) is 0.141. The van der Waals surface area contributed by atoms with E-state index in [-0.39, 0.29) is 67.4 Å². The van der Waals surface area contributed by atoms with Crippen molar-refractivity contribution in [2.75, 3.05) is 0 Å². The van der Waals surface area contributed by atoms with E-state index in [1.165, 1.54) is 0 Å². The van der Waals surface area contributed by atoms with Gasteiger partial charge in [0.05, 0.1) is 0 Å². The van der Waals surface area contributed by atoms with Gasteiger partial charge in [-0.05, 0) is 0 Å². The van der Waals surface area contributed by atoms with E-state index in [9.17, 15) is 0 Å². The van der Waals surface area contributed by atoms with Crippen LogP contribution in [0.1, 0.15) is 0 Å². The Morgan fingerprint density at radius 3 is 1.33 bits per heavy atom. The molecule has 0 atom stereocenters. The molecule has 0 aliphatic rings. The summed E-state index contributed by atoms with van der Waals surface area (Å²) in [6.45, 7) is 2.67. The van der Waals surface area contributed by atoms with Crippen molar-refractivity contribution < 1.29 is 72.2 Å². The quantitative estimate of drug-likeness (QED) is 0.135. The van der Waals surface area contributed by atoms with Gasteiger partial charge in [-0.1, -0.05) is 0 Å². The summed E-state index contributed by atoms with van der Waals surface area (Å²) in [4.78, 5) is 2.25. The molecule has 0 rings (SSSR count). The van der Waals surface area contributed by atoms with Gasteiger partial charge in [-0.15, -0.1) is 0 Å². The molecule has 0 aromatic carbocycles. The fourth-order valence-corrected chi connectivity index (χ4v) is 0. The van der Waals surface area contributed by atoms with Gasteiger partial charge < -0.3 is 53.5 Å². The van der Waals surface area contributed by atoms with E-state index in [2.05, 4.69) is 11.5 Å². The summed E-state index contributed by atoms with van der Waals surface area (Å²) in [7, 11) is 0. The summed E-state index contributed by atoms with van der Waals surface area (Å²) in [5, 5.41) is 0. The first kappa shape index (κ1) is 26.0. The first-order valence-corrected chi connectivity index (χ1v) is 0.516. The Morgan fingerprint density at radius 2 is 1.33 bits per heavy atom. The average molecular weight is 361 g/mol. The van der Waals surface area contributed by atoms with E-state index in [0.717, 1.165) is 0 Å². The standard InChI is InChI=1S/CH2N2.2HI.Zn/c1-3-2;;;/h1H2;2*1H;/q;;;+2/p-2. The van der Waals surface area contributed by atoms with Crippen molar-refractivity contribution in [2.24, 2.45) is 0 Å². The molecule has 0 unspecified atom stereocenters. The monoisotopic (exact) mass is 360 g/mol. The zero-order valence-corrected chi connectivity index (χ0v) is 10.3. The van der Waals surface area contributed by atoms with Crippen molar-refractivity contribution >= 4 is 6.72 Å². The van der Waals surface area contributed by atoms with Crippen LogP contribution in [-0.2, 0) is 19.5 Å². The van der Waals surface area contributed by atoms with Crippen molar-refractivity contribution in [3.8, 4) is 0 Å². The first-order valence-electron chi connectivity index (χ1n) is 0.516. The van der Waals surface area contributed by atoms with Gasteiger partial charge in [0.25, 0.3) is 0 Å². The van der Waals surface area contributed by atoms with Gasteiger partial charge in [0.15, 0.2) is 0 Å². The zero-order chi connectivity index (χ0) is 2.71. The second kappa shape index (κ2) is 31.8. The SMILES string of the molecule is C=[N+]=[N-].[I-].[I-].[Zn+2]. The maximum atomic E-state index is 7.08. The number of rotatable bonds is 0. The molecule has 0 heterocycles. The third kappa shape index (κ3) is 50.8. The van der Waals surface area contributed by atoms with Gasteiger partial charge in [-0.25, -0.2) is 0 Å². The molecule has 0 bridgehead atoms. The van der Waals surface area contributed by atoms with E-state index in [1.54, 1.807) is 0 Å². The van der Waals surface area contributed by atoms with Crippen LogP contribution in [0.25, 0.3) is 5.53 Å². The Balaban J connectivity index is -0.00000000667. The molecule has 0 spiro atoms. The fourth-order valence-electron chi connectivity index (χ4n) is 0. The molecule has 5 heteroatoms. The largest absolute Gasteiger partial charge is 2.00 e. The predicted octanol–water partition coefficient (Wildman–Crippen LogP) is -6.08. The molecular formula is CH2I2N2Zn. The van der Waals surface area contributed by atoms with Crippen LogP contribution in [0.5, 0.6) is 0 Å². The van der Waals surface area contributed by atoms with E-state index in [1.807, 2.05) is 0 Å². The van der Waals surface area contributed by atoms with Gasteiger partial charge in [0.2, 0.25) is 6.72 Å². The summed E-state index contributed by atoms with van der Waals surface area (Å²) in [5.74, 6) is 0. The van der Waals surface area contributed by atoms with Crippen molar-refractivity contribution in [1.29, 1.82) is 0 Å². The number of halogens is 2. The molecule has 0 saturated heterocycles. The second-order valence-corrected chi connectivity index (χ2v) is 0.141. The third-order valence-corrected chi connectivity index (χ3v) is 0. The summed E-state index contributed by atoms with van der Waals surface area (Å²) in [5.41, 5.74) is 7.08. The fraction of sp³-hybridized carbons (Fsp3) is 0. The Bertz CT molecular complexity index is 32.5. The van der Waals surface area contributed by atoms with Crippen LogP contribution in [-0.4, -0.2) is 11.5 Å². The minimum absolute atomic E-state index is 0. The van der Waals surface area contributed by atoms with Crippen molar-refractivity contribution in [3.63, 3.8) is 0 Å². The molecule has 0 amide bonds. The Kier molecular flexibility index (Phi) is 138. The van der Waals surface area contributed by atoms with Gasteiger partial charge >= 0.3 is 19.5 Å².